The monoisotopic (exact) mass is 304 g/mol. The molecule has 2 rings (SSSR count). The van der Waals surface area contributed by atoms with E-state index in [0.717, 1.165) is 5.56 Å². The van der Waals surface area contributed by atoms with Gasteiger partial charge in [0.25, 0.3) is 0 Å². The molecule has 0 aromatic heterocycles. The van der Waals surface area contributed by atoms with Crippen molar-refractivity contribution >= 4 is 5.91 Å². The highest BCUT2D eigenvalue weighted by Crippen LogP contribution is 2.32. The molecule has 0 saturated carbocycles. The summed E-state index contributed by atoms with van der Waals surface area (Å²) in [5.41, 5.74) is 7.22. The van der Waals surface area contributed by atoms with Crippen LogP contribution in [0.15, 0.2) is 24.3 Å². The number of hydrogen-bond acceptors (Lipinski definition) is 3. The predicted molar refractivity (Wildman–Crippen MR) is 88.5 cm³/mol. The van der Waals surface area contributed by atoms with Crippen molar-refractivity contribution in [1.82, 2.24) is 4.90 Å². The summed E-state index contributed by atoms with van der Waals surface area (Å²) in [6, 6.07) is 9.05. The molecule has 1 saturated heterocycles. The number of methoxy groups -OCH3 is 1. The van der Waals surface area contributed by atoms with Crippen LogP contribution in [0.3, 0.4) is 0 Å². The van der Waals surface area contributed by atoms with E-state index in [0.29, 0.717) is 18.9 Å². The van der Waals surface area contributed by atoms with Crippen LogP contribution >= 0.6 is 0 Å². The summed E-state index contributed by atoms with van der Waals surface area (Å²) in [7, 11) is 1.68. The van der Waals surface area contributed by atoms with E-state index in [2.05, 4.69) is 36.1 Å². The molecule has 2 unspecified atom stereocenters. The minimum absolute atomic E-state index is 0.289. The average Bonchev–Trinajstić information content (AvgIpc) is 3.06. The zero-order valence-electron chi connectivity index (χ0n) is 14.0. The minimum atomic E-state index is -0.468. The van der Waals surface area contributed by atoms with Gasteiger partial charge in [0, 0.05) is 19.6 Å². The fourth-order valence-electron chi connectivity index (χ4n) is 3.18. The summed E-state index contributed by atoms with van der Waals surface area (Å²) in [5.74, 6) is -0.289. The van der Waals surface area contributed by atoms with Crippen molar-refractivity contribution in [2.75, 3.05) is 20.2 Å². The number of nitrogens with zero attached hydrogens (tertiary/aromatic N) is 1. The highest BCUT2D eigenvalue weighted by molar-refractivity contribution is 5.73. The molecule has 1 amide bonds. The lowest BCUT2D eigenvalue weighted by atomic mass is 9.89. The zero-order chi connectivity index (χ0) is 16.2. The van der Waals surface area contributed by atoms with E-state index in [4.69, 9.17) is 10.5 Å². The van der Waals surface area contributed by atoms with E-state index in [-0.39, 0.29) is 5.91 Å². The van der Waals surface area contributed by atoms with Crippen molar-refractivity contribution in [3.8, 4) is 0 Å². The van der Waals surface area contributed by atoms with E-state index in [1.807, 2.05) is 6.92 Å². The van der Waals surface area contributed by atoms with Crippen molar-refractivity contribution in [3.63, 3.8) is 0 Å². The summed E-state index contributed by atoms with van der Waals surface area (Å²) >= 11 is 0. The number of ether oxygens (including phenoxy) is 1. The van der Waals surface area contributed by atoms with Gasteiger partial charge in [-0.15, -0.1) is 0 Å². The van der Waals surface area contributed by atoms with Crippen LogP contribution < -0.4 is 5.73 Å². The van der Waals surface area contributed by atoms with Gasteiger partial charge in [0.1, 0.15) is 0 Å². The van der Waals surface area contributed by atoms with Gasteiger partial charge in [-0.1, -0.05) is 24.3 Å². The maximum absolute atomic E-state index is 11.0. The molecule has 2 N–H and O–H groups in total. The minimum Gasteiger partial charge on any atom is -0.374 e. The fraction of sp³-hybridized carbons (Fsp3) is 0.611. The maximum Gasteiger partial charge on any atom is 0.217 e. The summed E-state index contributed by atoms with van der Waals surface area (Å²) < 4.78 is 5.66. The first-order valence-electron chi connectivity index (χ1n) is 8.14. The highest BCUT2D eigenvalue weighted by Gasteiger charge is 2.27. The largest absolute Gasteiger partial charge is 0.374 e. The Bertz CT molecular complexity index is 494. The normalized spacial score (nSPS) is 19.8. The van der Waals surface area contributed by atoms with Crippen LogP contribution in [0.4, 0.5) is 0 Å². The van der Waals surface area contributed by atoms with Gasteiger partial charge in [0.2, 0.25) is 5.91 Å². The topological polar surface area (TPSA) is 55.6 Å². The first-order chi connectivity index (χ1) is 10.5. The fourth-order valence-corrected chi connectivity index (χ4v) is 3.18. The lowest BCUT2D eigenvalue weighted by molar-refractivity contribution is -0.119. The van der Waals surface area contributed by atoms with Gasteiger partial charge in [-0.3, -0.25) is 9.69 Å². The van der Waals surface area contributed by atoms with Gasteiger partial charge < -0.3 is 10.5 Å². The Labute approximate surface area is 133 Å². The zero-order valence-corrected chi connectivity index (χ0v) is 14.0. The van der Waals surface area contributed by atoms with Gasteiger partial charge in [0.15, 0.2) is 0 Å². The molecule has 0 spiro atoms. The number of rotatable bonds is 7. The molecule has 1 fully saturated rings. The van der Waals surface area contributed by atoms with Crippen molar-refractivity contribution < 1.29 is 9.53 Å². The number of carbonyl (C=O) groups excluding carboxylic acids is 1. The van der Waals surface area contributed by atoms with Crippen LogP contribution in [0.25, 0.3) is 0 Å². The number of carbonyl (C=O) groups is 1. The predicted octanol–water partition coefficient (Wildman–Crippen LogP) is 2.97. The summed E-state index contributed by atoms with van der Waals surface area (Å²) in [6.45, 7) is 6.66. The van der Waals surface area contributed by atoms with Crippen molar-refractivity contribution in [2.24, 2.45) is 5.73 Å². The highest BCUT2D eigenvalue weighted by atomic mass is 16.5. The second kappa shape index (κ2) is 7.25. The Morgan fingerprint density at radius 1 is 1.32 bits per heavy atom. The number of benzene rings is 1. The molecule has 1 heterocycles. The molecule has 4 nitrogen and oxygen atoms in total. The van der Waals surface area contributed by atoms with Crippen molar-refractivity contribution in [1.29, 1.82) is 0 Å². The van der Waals surface area contributed by atoms with Crippen molar-refractivity contribution in [2.45, 2.75) is 51.2 Å². The molecule has 1 aromatic rings. The SMILES string of the molecule is COC(C)(CCC(N)=O)c1ccc(C(C)N2CCCC2)cc1. The smallest absolute Gasteiger partial charge is 0.217 e. The quantitative estimate of drug-likeness (QED) is 0.842. The lowest BCUT2D eigenvalue weighted by Gasteiger charge is -2.29. The third kappa shape index (κ3) is 3.87. The van der Waals surface area contributed by atoms with Gasteiger partial charge in [-0.2, -0.15) is 0 Å². The number of likely N-dealkylation sites (tertiary alicyclic amines) is 1. The molecule has 1 aliphatic rings. The van der Waals surface area contributed by atoms with Crippen LogP contribution in [0.2, 0.25) is 0 Å². The first-order valence-corrected chi connectivity index (χ1v) is 8.14. The maximum atomic E-state index is 11.0. The van der Waals surface area contributed by atoms with Gasteiger partial charge >= 0.3 is 0 Å². The standard InChI is InChI=1S/C18H28N2O2/c1-14(20-12-4-5-13-20)15-6-8-16(9-7-15)18(2,22-3)11-10-17(19)21/h6-9,14H,4-5,10-13H2,1-3H3,(H2,19,21). The molecule has 122 valence electrons. The Balaban J connectivity index is 2.10. The third-order valence-corrected chi connectivity index (χ3v) is 4.99. The molecule has 1 aromatic carbocycles. The third-order valence-electron chi connectivity index (χ3n) is 4.99. The van der Waals surface area contributed by atoms with Crippen LogP contribution in [-0.2, 0) is 15.1 Å². The Morgan fingerprint density at radius 3 is 2.41 bits per heavy atom. The summed E-state index contributed by atoms with van der Waals surface area (Å²) in [6.07, 6.45) is 3.53. The molecular weight excluding hydrogens is 276 g/mol. The second-order valence-electron chi connectivity index (χ2n) is 6.44. The van der Waals surface area contributed by atoms with Gasteiger partial charge in [-0.25, -0.2) is 0 Å². The molecule has 0 aliphatic carbocycles. The number of nitrogens with two attached hydrogens (primary N) is 1. The van der Waals surface area contributed by atoms with Crippen LogP contribution in [-0.4, -0.2) is 31.0 Å². The molecule has 0 radical (unpaired) electrons. The van der Waals surface area contributed by atoms with E-state index in [1.54, 1.807) is 7.11 Å². The second-order valence-corrected chi connectivity index (χ2v) is 6.44. The van der Waals surface area contributed by atoms with Gasteiger partial charge in [-0.05, 0) is 57.3 Å². The van der Waals surface area contributed by atoms with Crippen LogP contribution in [0.5, 0.6) is 0 Å². The molecular formula is C18H28N2O2. The number of amides is 1. The molecule has 2 atom stereocenters. The summed E-state index contributed by atoms with van der Waals surface area (Å²) in [5, 5.41) is 0. The Kier molecular flexibility index (Phi) is 5.59. The number of hydrogen-bond donors (Lipinski definition) is 1. The average molecular weight is 304 g/mol. The molecule has 0 bridgehead atoms. The van der Waals surface area contributed by atoms with E-state index >= 15 is 0 Å². The molecule has 22 heavy (non-hydrogen) atoms. The van der Waals surface area contributed by atoms with E-state index in [1.165, 1.54) is 31.5 Å². The van der Waals surface area contributed by atoms with E-state index in [9.17, 15) is 4.79 Å². The molecule has 1 aliphatic heterocycles. The number of primary amides is 1. The van der Waals surface area contributed by atoms with Crippen molar-refractivity contribution in [3.05, 3.63) is 35.4 Å². The van der Waals surface area contributed by atoms with Crippen LogP contribution in [0, 0.1) is 0 Å². The molecule has 4 heteroatoms. The Morgan fingerprint density at radius 2 is 1.91 bits per heavy atom. The lowest BCUT2D eigenvalue weighted by Crippen LogP contribution is -2.27. The van der Waals surface area contributed by atoms with E-state index < -0.39 is 5.60 Å². The Hall–Kier alpha value is -1.39. The van der Waals surface area contributed by atoms with Crippen LogP contribution in [0.1, 0.15) is 56.7 Å². The van der Waals surface area contributed by atoms with Gasteiger partial charge in [0.05, 0.1) is 5.60 Å². The summed E-state index contributed by atoms with van der Waals surface area (Å²) in [4.78, 5) is 13.6. The first kappa shape index (κ1) is 17.0.